The number of rotatable bonds is 3. The Bertz CT molecular complexity index is 514. The minimum atomic E-state index is -0.321. The second-order valence-electron chi connectivity index (χ2n) is 3.45. The molecule has 0 spiro atoms. The highest BCUT2D eigenvalue weighted by Gasteiger charge is 2.06. The summed E-state index contributed by atoms with van der Waals surface area (Å²) in [5.41, 5.74) is 0.783. The fraction of sp³-hybridized carbons (Fsp3) is 0.0769. The quantitative estimate of drug-likeness (QED) is 0.476. The number of hydrogen-bond acceptors (Lipinski definition) is 3. The van der Waals surface area contributed by atoms with Gasteiger partial charge in [0, 0.05) is 6.20 Å². The molecular formula is C13H10ClNO2. The second-order valence-corrected chi connectivity index (χ2v) is 3.84. The van der Waals surface area contributed by atoms with E-state index in [-0.39, 0.29) is 12.4 Å². The number of hydrogen-bond donors (Lipinski definition) is 0. The van der Waals surface area contributed by atoms with Gasteiger partial charge in [0.05, 0.1) is 6.42 Å². The van der Waals surface area contributed by atoms with Crippen molar-refractivity contribution in [2.24, 2.45) is 0 Å². The molecule has 0 aliphatic carbocycles. The summed E-state index contributed by atoms with van der Waals surface area (Å²) in [6.07, 6.45) is 1.74. The van der Waals surface area contributed by atoms with E-state index in [4.69, 9.17) is 16.3 Å². The van der Waals surface area contributed by atoms with Crippen molar-refractivity contribution in [2.75, 3.05) is 0 Å². The molecule has 0 amide bonds. The van der Waals surface area contributed by atoms with Crippen molar-refractivity contribution in [1.29, 1.82) is 0 Å². The largest absolute Gasteiger partial charge is 0.426 e. The Hall–Kier alpha value is -1.87. The van der Waals surface area contributed by atoms with E-state index in [0.717, 1.165) is 5.56 Å². The predicted octanol–water partition coefficient (Wildman–Crippen LogP) is 2.88. The first-order valence-electron chi connectivity index (χ1n) is 5.10. The molecule has 0 radical (unpaired) electrons. The molecule has 0 aliphatic rings. The molecule has 1 heterocycles. The molecule has 0 atom stereocenters. The Morgan fingerprint density at radius 2 is 2.00 bits per heavy atom. The first-order chi connectivity index (χ1) is 8.24. The molecule has 0 fully saturated rings. The van der Waals surface area contributed by atoms with Crippen LogP contribution >= 0.6 is 11.6 Å². The minimum absolute atomic E-state index is 0.178. The third-order valence-corrected chi connectivity index (χ3v) is 2.32. The SMILES string of the molecule is O=C(Cc1ccnc(Cl)c1)Oc1ccccc1. The first-order valence-corrected chi connectivity index (χ1v) is 5.48. The molecule has 0 bridgehead atoms. The van der Waals surface area contributed by atoms with E-state index in [2.05, 4.69) is 4.98 Å². The summed E-state index contributed by atoms with van der Waals surface area (Å²) >= 11 is 5.73. The minimum Gasteiger partial charge on any atom is -0.426 e. The average molecular weight is 248 g/mol. The number of ether oxygens (including phenoxy) is 1. The number of para-hydroxylation sites is 1. The van der Waals surface area contributed by atoms with Crippen LogP contribution in [0.1, 0.15) is 5.56 Å². The highest BCUT2D eigenvalue weighted by atomic mass is 35.5. The van der Waals surface area contributed by atoms with Crippen LogP contribution in [-0.2, 0) is 11.2 Å². The van der Waals surface area contributed by atoms with Gasteiger partial charge < -0.3 is 4.74 Å². The van der Waals surface area contributed by atoms with Gasteiger partial charge in [-0.2, -0.15) is 0 Å². The predicted molar refractivity (Wildman–Crippen MR) is 65.0 cm³/mol. The highest BCUT2D eigenvalue weighted by Crippen LogP contribution is 2.11. The monoisotopic (exact) mass is 247 g/mol. The van der Waals surface area contributed by atoms with Crippen LogP contribution in [0.25, 0.3) is 0 Å². The molecule has 0 saturated heterocycles. The maximum atomic E-state index is 11.6. The van der Waals surface area contributed by atoms with E-state index in [9.17, 15) is 4.79 Å². The number of esters is 1. The number of halogens is 1. The topological polar surface area (TPSA) is 39.2 Å². The zero-order valence-corrected chi connectivity index (χ0v) is 9.72. The Morgan fingerprint density at radius 1 is 1.24 bits per heavy atom. The van der Waals surface area contributed by atoms with Gasteiger partial charge in [-0.15, -0.1) is 0 Å². The molecule has 3 nitrogen and oxygen atoms in total. The normalized spacial score (nSPS) is 9.94. The maximum Gasteiger partial charge on any atom is 0.315 e. The maximum absolute atomic E-state index is 11.6. The van der Waals surface area contributed by atoms with E-state index in [1.165, 1.54) is 0 Å². The highest BCUT2D eigenvalue weighted by molar-refractivity contribution is 6.29. The van der Waals surface area contributed by atoms with Crippen molar-refractivity contribution in [3.8, 4) is 5.75 Å². The van der Waals surface area contributed by atoms with Crippen LogP contribution in [0, 0.1) is 0 Å². The van der Waals surface area contributed by atoms with Crippen molar-refractivity contribution < 1.29 is 9.53 Å². The summed E-state index contributed by atoms with van der Waals surface area (Å²) in [6.45, 7) is 0. The molecule has 86 valence electrons. The summed E-state index contributed by atoms with van der Waals surface area (Å²) < 4.78 is 5.16. The van der Waals surface area contributed by atoms with E-state index < -0.39 is 0 Å². The van der Waals surface area contributed by atoms with Crippen LogP contribution in [0.15, 0.2) is 48.7 Å². The number of carbonyl (C=O) groups is 1. The molecule has 2 aromatic rings. The van der Waals surface area contributed by atoms with Gasteiger partial charge in [-0.1, -0.05) is 29.8 Å². The van der Waals surface area contributed by atoms with E-state index >= 15 is 0 Å². The molecule has 0 saturated carbocycles. The lowest BCUT2D eigenvalue weighted by Crippen LogP contribution is -2.11. The summed E-state index contributed by atoms with van der Waals surface area (Å²) in [6, 6.07) is 12.3. The lowest BCUT2D eigenvalue weighted by Gasteiger charge is -2.04. The number of nitrogens with zero attached hydrogens (tertiary/aromatic N) is 1. The number of benzene rings is 1. The van der Waals surface area contributed by atoms with Crippen LogP contribution < -0.4 is 4.74 Å². The first kappa shape index (κ1) is 11.6. The molecule has 0 N–H and O–H groups in total. The van der Waals surface area contributed by atoms with Crippen LogP contribution in [0.3, 0.4) is 0 Å². The third-order valence-electron chi connectivity index (χ3n) is 2.11. The Morgan fingerprint density at radius 3 is 2.71 bits per heavy atom. The lowest BCUT2D eigenvalue weighted by molar-refractivity contribution is -0.133. The summed E-state index contributed by atoms with van der Waals surface area (Å²) in [5, 5.41) is 0.370. The Kier molecular flexibility index (Phi) is 3.73. The number of carbonyl (C=O) groups excluding carboxylic acids is 1. The van der Waals surface area contributed by atoms with Gasteiger partial charge in [0.15, 0.2) is 0 Å². The van der Waals surface area contributed by atoms with Gasteiger partial charge in [-0.3, -0.25) is 4.79 Å². The molecule has 1 aromatic heterocycles. The fourth-order valence-corrected chi connectivity index (χ4v) is 1.57. The average Bonchev–Trinajstić information content (AvgIpc) is 2.30. The zero-order chi connectivity index (χ0) is 12.1. The Balaban J connectivity index is 1.98. The van der Waals surface area contributed by atoms with E-state index in [0.29, 0.717) is 10.9 Å². The molecule has 0 unspecified atom stereocenters. The summed E-state index contributed by atoms with van der Waals surface area (Å²) in [5.74, 6) is 0.219. The van der Waals surface area contributed by atoms with Crippen LogP contribution in [0.5, 0.6) is 5.75 Å². The van der Waals surface area contributed by atoms with Crippen LogP contribution in [0.4, 0.5) is 0 Å². The molecule has 17 heavy (non-hydrogen) atoms. The summed E-state index contributed by atoms with van der Waals surface area (Å²) in [7, 11) is 0. The van der Waals surface area contributed by atoms with Crippen LogP contribution in [-0.4, -0.2) is 11.0 Å². The molecule has 4 heteroatoms. The summed E-state index contributed by atoms with van der Waals surface area (Å²) in [4.78, 5) is 15.5. The molecule has 0 aliphatic heterocycles. The third kappa shape index (κ3) is 3.57. The van der Waals surface area contributed by atoms with Gasteiger partial charge in [0.25, 0.3) is 0 Å². The van der Waals surface area contributed by atoms with Gasteiger partial charge in [0.2, 0.25) is 0 Å². The van der Waals surface area contributed by atoms with Gasteiger partial charge in [-0.25, -0.2) is 4.98 Å². The van der Waals surface area contributed by atoms with Crippen molar-refractivity contribution in [1.82, 2.24) is 4.98 Å². The lowest BCUT2D eigenvalue weighted by atomic mass is 10.2. The Labute approximate surface area is 104 Å². The second kappa shape index (κ2) is 5.46. The van der Waals surface area contributed by atoms with Crippen molar-refractivity contribution in [3.05, 3.63) is 59.4 Å². The fourth-order valence-electron chi connectivity index (χ4n) is 1.38. The van der Waals surface area contributed by atoms with E-state index in [1.54, 1.807) is 30.5 Å². The number of pyridine rings is 1. The van der Waals surface area contributed by atoms with Crippen LogP contribution in [0.2, 0.25) is 5.15 Å². The van der Waals surface area contributed by atoms with Crippen molar-refractivity contribution in [2.45, 2.75) is 6.42 Å². The van der Waals surface area contributed by atoms with Gasteiger partial charge in [0.1, 0.15) is 10.9 Å². The van der Waals surface area contributed by atoms with Gasteiger partial charge in [-0.05, 0) is 29.8 Å². The molecule has 1 aromatic carbocycles. The smallest absolute Gasteiger partial charge is 0.315 e. The van der Waals surface area contributed by atoms with Crippen molar-refractivity contribution in [3.63, 3.8) is 0 Å². The van der Waals surface area contributed by atoms with E-state index in [1.807, 2.05) is 18.2 Å². The van der Waals surface area contributed by atoms with Gasteiger partial charge >= 0.3 is 5.97 Å². The van der Waals surface area contributed by atoms with Crippen molar-refractivity contribution >= 4 is 17.6 Å². The molecule has 2 rings (SSSR count). The zero-order valence-electron chi connectivity index (χ0n) is 8.97. The standard InChI is InChI=1S/C13H10ClNO2/c14-12-8-10(6-7-15-12)9-13(16)17-11-4-2-1-3-5-11/h1-8H,9H2. The molecular weight excluding hydrogens is 238 g/mol. The number of aromatic nitrogens is 1.